The lowest BCUT2D eigenvalue weighted by Gasteiger charge is -2.09. The molecule has 0 aliphatic carbocycles. The lowest BCUT2D eigenvalue weighted by atomic mass is 10.2. The van der Waals surface area contributed by atoms with Crippen molar-refractivity contribution in [3.8, 4) is 23.8 Å². The van der Waals surface area contributed by atoms with Crippen molar-refractivity contribution in [3.63, 3.8) is 0 Å². The molecule has 0 saturated heterocycles. The van der Waals surface area contributed by atoms with E-state index in [1.807, 2.05) is 25.1 Å². The van der Waals surface area contributed by atoms with Crippen molar-refractivity contribution >= 4 is 0 Å². The molecule has 0 bridgehead atoms. The van der Waals surface area contributed by atoms with Gasteiger partial charge >= 0.3 is 0 Å². The SMILES string of the molecule is C#CCOc1cccc(OC)c1C. The number of methoxy groups -OCH3 is 1. The van der Waals surface area contributed by atoms with Gasteiger partial charge in [-0.3, -0.25) is 0 Å². The number of hydrogen-bond acceptors (Lipinski definition) is 2. The van der Waals surface area contributed by atoms with E-state index in [1.165, 1.54) is 0 Å². The summed E-state index contributed by atoms with van der Waals surface area (Å²) < 4.78 is 10.4. The highest BCUT2D eigenvalue weighted by molar-refractivity contribution is 5.43. The van der Waals surface area contributed by atoms with Crippen LogP contribution in [0.15, 0.2) is 18.2 Å². The van der Waals surface area contributed by atoms with Crippen LogP contribution in [0.25, 0.3) is 0 Å². The predicted octanol–water partition coefficient (Wildman–Crippen LogP) is 2.02. The zero-order valence-electron chi connectivity index (χ0n) is 7.83. The highest BCUT2D eigenvalue weighted by Crippen LogP contribution is 2.26. The lowest BCUT2D eigenvalue weighted by molar-refractivity contribution is 0.359. The van der Waals surface area contributed by atoms with Crippen LogP contribution >= 0.6 is 0 Å². The number of benzene rings is 1. The molecule has 0 aliphatic rings. The summed E-state index contributed by atoms with van der Waals surface area (Å²) in [5.74, 6) is 4.01. The van der Waals surface area contributed by atoms with Crippen molar-refractivity contribution in [2.75, 3.05) is 13.7 Å². The van der Waals surface area contributed by atoms with E-state index >= 15 is 0 Å². The van der Waals surface area contributed by atoms with Crippen LogP contribution in [-0.2, 0) is 0 Å². The summed E-state index contributed by atoms with van der Waals surface area (Å²) in [6.07, 6.45) is 5.09. The van der Waals surface area contributed by atoms with Crippen LogP contribution in [0.5, 0.6) is 11.5 Å². The van der Waals surface area contributed by atoms with E-state index in [9.17, 15) is 0 Å². The molecule has 0 atom stereocenters. The van der Waals surface area contributed by atoms with Crippen molar-refractivity contribution in [1.29, 1.82) is 0 Å². The zero-order valence-corrected chi connectivity index (χ0v) is 7.83. The minimum absolute atomic E-state index is 0.286. The fourth-order valence-electron chi connectivity index (χ4n) is 1.09. The van der Waals surface area contributed by atoms with Gasteiger partial charge in [0.15, 0.2) is 0 Å². The maximum Gasteiger partial charge on any atom is 0.148 e. The van der Waals surface area contributed by atoms with Crippen molar-refractivity contribution in [3.05, 3.63) is 23.8 Å². The molecule has 0 saturated carbocycles. The van der Waals surface area contributed by atoms with Crippen molar-refractivity contribution < 1.29 is 9.47 Å². The number of rotatable bonds is 3. The first-order valence-electron chi connectivity index (χ1n) is 3.99. The highest BCUT2D eigenvalue weighted by atomic mass is 16.5. The third-order valence-corrected chi connectivity index (χ3v) is 1.77. The van der Waals surface area contributed by atoms with Gasteiger partial charge in [0, 0.05) is 5.56 Å². The van der Waals surface area contributed by atoms with Crippen LogP contribution < -0.4 is 9.47 Å². The van der Waals surface area contributed by atoms with Gasteiger partial charge in [-0.2, -0.15) is 0 Å². The van der Waals surface area contributed by atoms with Crippen LogP contribution in [0.3, 0.4) is 0 Å². The molecule has 0 aromatic heterocycles. The molecule has 68 valence electrons. The Balaban J connectivity index is 2.89. The van der Waals surface area contributed by atoms with E-state index in [2.05, 4.69) is 5.92 Å². The topological polar surface area (TPSA) is 18.5 Å². The fraction of sp³-hybridized carbons (Fsp3) is 0.273. The Kier molecular flexibility index (Phi) is 3.22. The maximum absolute atomic E-state index is 5.31. The summed E-state index contributed by atoms with van der Waals surface area (Å²) in [5, 5.41) is 0. The zero-order chi connectivity index (χ0) is 9.68. The van der Waals surface area contributed by atoms with Crippen LogP contribution in [-0.4, -0.2) is 13.7 Å². The van der Waals surface area contributed by atoms with Crippen LogP contribution in [0.4, 0.5) is 0 Å². The van der Waals surface area contributed by atoms with Gasteiger partial charge in [0.2, 0.25) is 0 Å². The molecule has 0 heterocycles. The van der Waals surface area contributed by atoms with Crippen LogP contribution in [0.1, 0.15) is 5.56 Å². The summed E-state index contributed by atoms with van der Waals surface area (Å²) in [4.78, 5) is 0. The van der Waals surface area contributed by atoms with E-state index in [4.69, 9.17) is 15.9 Å². The second kappa shape index (κ2) is 4.42. The monoisotopic (exact) mass is 176 g/mol. The molecule has 0 radical (unpaired) electrons. The van der Waals surface area contributed by atoms with Gasteiger partial charge in [0.05, 0.1) is 7.11 Å². The molecule has 1 aromatic rings. The minimum Gasteiger partial charge on any atom is -0.496 e. The quantitative estimate of drug-likeness (QED) is 0.656. The Hall–Kier alpha value is -1.62. The minimum atomic E-state index is 0.286. The summed E-state index contributed by atoms with van der Waals surface area (Å²) in [6, 6.07) is 5.63. The van der Waals surface area contributed by atoms with E-state index in [1.54, 1.807) is 7.11 Å². The van der Waals surface area contributed by atoms with Gasteiger partial charge in [-0.25, -0.2) is 0 Å². The van der Waals surface area contributed by atoms with Gasteiger partial charge in [0.1, 0.15) is 18.1 Å². The summed E-state index contributed by atoms with van der Waals surface area (Å²) in [5.41, 5.74) is 0.972. The van der Waals surface area contributed by atoms with E-state index in [0.29, 0.717) is 0 Å². The molecule has 0 fully saturated rings. The first kappa shape index (κ1) is 9.47. The average Bonchev–Trinajstić information content (AvgIpc) is 2.16. The standard InChI is InChI=1S/C11H12O2/c1-4-8-13-11-7-5-6-10(12-3)9(11)2/h1,5-7H,8H2,2-3H3. The number of ether oxygens (including phenoxy) is 2. The lowest BCUT2D eigenvalue weighted by Crippen LogP contribution is -1.97. The summed E-state index contributed by atoms with van der Waals surface area (Å²) in [7, 11) is 1.63. The molecule has 0 aliphatic heterocycles. The van der Waals surface area contributed by atoms with Crippen molar-refractivity contribution in [2.45, 2.75) is 6.92 Å². The second-order valence-corrected chi connectivity index (χ2v) is 2.58. The molecule has 0 N–H and O–H groups in total. The van der Waals surface area contributed by atoms with Gasteiger partial charge < -0.3 is 9.47 Å². The number of terminal acetylenes is 1. The third kappa shape index (κ3) is 2.16. The Morgan fingerprint density at radius 3 is 2.69 bits per heavy atom. The fourth-order valence-corrected chi connectivity index (χ4v) is 1.09. The van der Waals surface area contributed by atoms with E-state index < -0.39 is 0 Å². The molecule has 1 aromatic carbocycles. The molecular formula is C11H12O2. The largest absolute Gasteiger partial charge is 0.496 e. The number of hydrogen-bond donors (Lipinski definition) is 0. The smallest absolute Gasteiger partial charge is 0.148 e. The van der Waals surface area contributed by atoms with Crippen molar-refractivity contribution in [2.24, 2.45) is 0 Å². The molecule has 0 spiro atoms. The van der Waals surface area contributed by atoms with E-state index in [0.717, 1.165) is 17.1 Å². The second-order valence-electron chi connectivity index (χ2n) is 2.58. The van der Waals surface area contributed by atoms with Gasteiger partial charge in [-0.15, -0.1) is 6.42 Å². The summed E-state index contributed by atoms with van der Waals surface area (Å²) in [6.45, 7) is 2.22. The highest BCUT2D eigenvalue weighted by Gasteiger charge is 2.03. The van der Waals surface area contributed by atoms with E-state index in [-0.39, 0.29) is 6.61 Å². The molecule has 2 nitrogen and oxygen atoms in total. The Morgan fingerprint density at radius 1 is 1.38 bits per heavy atom. The van der Waals surface area contributed by atoms with Crippen molar-refractivity contribution in [1.82, 2.24) is 0 Å². The third-order valence-electron chi connectivity index (χ3n) is 1.77. The van der Waals surface area contributed by atoms with Gasteiger partial charge in [-0.05, 0) is 19.1 Å². The molecule has 0 unspecified atom stereocenters. The molecular weight excluding hydrogens is 164 g/mol. The van der Waals surface area contributed by atoms with Gasteiger partial charge in [0.25, 0.3) is 0 Å². The maximum atomic E-state index is 5.31. The first-order valence-corrected chi connectivity index (χ1v) is 3.99. The molecule has 13 heavy (non-hydrogen) atoms. The molecule has 0 amide bonds. The molecule has 1 rings (SSSR count). The first-order chi connectivity index (χ1) is 6.29. The van der Waals surface area contributed by atoms with Crippen LogP contribution in [0, 0.1) is 19.3 Å². The molecule has 2 heteroatoms. The van der Waals surface area contributed by atoms with Crippen LogP contribution in [0.2, 0.25) is 0 Å². The summed E-state index contributed by atoms with van der Waals surface area (Å²) >= 11 is 0. The normalized spacial score (nSPS) is 9.00. The predicted molar refractivity (Wildman–Crippen MR) is 52.1 cm³/mol. The Labute approximate surface area is 78.5 Å². The Bertz CT molecular complexity index is 323. The Morgan fingerprint density at radius 2 is 2.08 bits per heavy atom. The van der Waals surface area contributed by atoms with Gasteiger partial charge in [-0.1, -0.05) is 12.0 Å². The average molecular weight is 176 g/mol.